The molecule has 4 aliphatic heterocycles. The van der Waals surface area contributed by atoms with Gasteiger partial charge in [0.15, 0.2) is 28.8 Å². The van der Waals surface area contributed by atoms with Gasteiger partial charge in [-0.15, -0.1) is 0 Å². The van der Waals surface area contributed by atoms with Crippen molar-refractivity contribution >= 4 is 45.7 Å². The Morgan fingerprint density at radius 1 is 1.13 bits per heavy atom. The largest absolute Gasteiger partial charge is 0.493 e. The molecule has 0 bridgehead atoms. The van der Waals surface area contributed by atoms with E-state index < -0.39 is 5.91 Å². The van der Waals surface area contributed by atoms with Gasteiger partial charge in [0.05, 0.1) is 19.1 Å². The zero-order valence-corrected chi connectivity index (χ0v) is 22.0. The number of hydrogen-bond acceptors (Lipinski definition) is 9. The molecule has 11 nitrogen and oxygen atoms in total. The minimum Gasteiger partial charge on any atom is -0.493 e. The van der Waals surface area contributed by atoms with Crippen molar-refractivity contribution in [3.8, 4) is 23.0 Å². The van der Waals surface area contributed by atoms with E-state index in [0.29, 0.717) is 40.2 Å². The molecule has 1 fully saturated rings. The second-order valence-electron chi connectivity index (χ2n) is 9.17. The first-order chi connectivity index (χ1) is 19.0. The number of ether oxygens (including phenoxy) is 4. The first kappa shape index (κ1) is 25.0. The maximum absolute atomic E-state index is 12.8. The predicted octanol–water partition coefficient (Wildman–Crippen LogP) is 3.63. The summed E-state index contributed by atoms with van der Waals surface area (Å²) >= 11 is 1.15. The molecule has 0 saturated carbocycles. The minimum atomic E-state index is -0.539. The van der Waals surface area contributed by atoms with Gasteiger partial charge in [-0.05, 0) is 66.1 Å². The molecule has 1 N–H and O–H groups in total. The van der Waals surface area contributed by atoms with Crippen LogP contribution in [0.15, 0.2) is 52.1 Å². The van der Waals surface area contributed by atoms with Crippen LogP contribution in [0.25, 0.3) is 6.08 Å². The molecule has 12 heteroatoms. The molecule has 0 radical (unpaired) electrons. The Hall–Kier alpha value is -4.32. The van der Waals surface area contributed by atoms with Crippen molar-refractivity contribution in [2.24, 2.45) is 10.1 Å². The summed E-state index contributed by atoms with van der Waals surface area (Å²) in [5.41, 5.74) is 1.63. The van der Waals surface area contributed by atoms with Crippen molar-refractivity contribution in [2.45, 2.75) is 25.9 Å². The monoisotopic (exact) mass is 547 g/mol. The standard InChI is InChI=1S/C27H25N5O6S/c1-35-21-11-16(4-6-19(21)36-14-17-5-7-20-22(12-17)38-15-37-20)10-18-25(28)32-27(29-26(18)34)39-23(30-32)13-24(33)31-8-2-3-9-31/h4-7,10-12,28H,2-3,8-9,13-15H2,1H3. The lowest BCUT2D eigenvalue weighted by Crippen LogP contribution is -2.35. The first-order valence-corrected chi connectivity index (χ1v) is 13.3. The van der Waals surface area contributed by atoms with Crippen LogP contribution in [-0.4, -0.2) is 64.8 Å². The molecule has 2 aromatic carbocycles. The van der Waals surface area contributed by atoms with Crippen LogP contribution in [0.3, 0.4) is 0 Å². The highest BCUT2D eigenvalue weighted by Crippen LogP contribution is 2.35. The highest BCUT2D eigenvalue weighted by atomic mass is 32.2. The minimum absolute atomic E-state index is 0.000692. The van der Waals surface area contributed by atoms with Gasteiger partial charge < -0.3 is 23.8 Å². The van der Waals surface area contributed by atoms with Gasteiger partial charge in [-0.25, -0.2) is 0 Å². The number of amides is 2. The van der Waals surface area contributed by atoms with Crippen LogP contribution >= 0.6 is 11.8 Å². The Balaban J connectivity index is 1.16. The first-order valence-electron chi connectivity index (χ1n) is 12.4. The molecule has 0 atom stereocenters. The molecule has 0 spiro atoms. The summed E-state index contributed by atoms with van der Waals surface area (Å²) in [6.45, 7) is 2.02. The second-order valence-corrected chi connectivity index (χ2v) is 10.2. The van der Waals surface area contributed by atoms with E-state index in [1.165, 1.54) is 12.1 Å². The van der Waals surface area contributed by atoms with Crippen LogP contribution in [-0.2, 0) is 16.2 Å². The van der Waals surface area contributed by atoms with E-state index in [1.54, 1.807) is 24.3 Å². The fourth-order valence-electron chi connectivity index (χ4n) is 4.56. The van der Waals surface area contributed by atoms with Gasteiger partial charge in [0.1, 0.15) is 11.7 Å². The Morgan fingerprint density at radius 3 is 2.77 bits per heavy atom. The lowest BCUT2D eigenvalue weighted by atomic mass is 10.1. The number of nitrogens with one attached hydrogen (secondary N) is 1. The molecule has 1 saturated heterocycles. The van der Waals surface area contributed by atoms with Crippen molar-refractivity contribution in [1.82, 2.24) is 9.91 Å². The number of hydrazone groups is 1. The Labute approximate surface area is 228 Å². The highest BCUT2D eigenvalue weighted by molar-refractivity contribution is 8.27. The zero-order chi connectivity index (χ0) is 26.9. The number of thioether (sulfide) groups is 1. The number of rotatable bonds is 7. The van der Waals surface area contributed by atoms with Crippen molar-refractivity contribution in [3.63, 3.8) is 0 Å². The molecule has 4 aliphatic rings. The summed E-state index contributed by atoms with van der Waals surface area (Å²) < 4.78 is 22.2. The summed E-state index contributed by atoms with van der Waals surface area (Å²) in [7, 11) is 1.53. The van der Waals surface area contributed by atoms with Gasteiger partial charge in [-0.1, -0.05) is 12.1 Å². The summed E-state index contributed by atoms with van der Waals surface area (Å²) in [6, 6.07) is 10.9. The lowest BCUT2D eigenvalue weighted by Gasteiger charge is -2.20. The molecular formula is C27H25N5O6S. The molecule has 0 unspecified atom stereocenters. The number of carbonyl (C=O) groups excluding carboxylic acids is 2. The van der Waals surface area contributed by atoms with Crippen molar-refractivity contribution < 1.29 is 28.5 Å². The Bertz CT molecular complexity index is 1460. The van der Waals surface area contributed by atoms with Gasteiger partial charge in [0, 0.05) is 13.1 Å². The predicted molar refractivity (Wildman–Crippen MR) is 145 cm³/mol. The van der Waals surface area contributed by atoms with E-state index in [-0.39, 0.29) is 35.7 Å². The average molecular weight is 548 g/mol. The normalized spacial score (nSPS) is 18.8. The van der Waals surface area contributed by atoms with E-state index in [4.69, 9.17) is 24.4 Å². The van der Waals surface area contributed by atoms with Gasteiger partial charge >= 0.3 is 0 Å². The van der Waals surface area contributed by atoms with Gasteiger partial charge in [-0.3, -0.25) is 15.0 Å². The molecule has 4 heterocycles. The molecule has 2 amide bonds. The topological polar surface area (TPSA) is 126 Å². The van der Waals surface area contributed by atoms with Gasteiger partial charge in [-0.2, -0.15) is 15.1 Å². The van der Waals surface area contributed by atoms with E-state index >= 15 is 0 Å². The van der Waals surface area contributed by atoms with E-state index in [1.807, 2.05) is 23.1 Å². The second kappa shape index (κ2) is 10.4. The molecule has 2 aromatic rings. The van der Waals surface area contributed by atoms with Crippen molar-refractivity contribution in [2.75, 3.05) is 27.0 Å². The highest BCUT2D eigenvalue weighted by Gasteiger charge is 2.36. The Morgan fingerprint density at radius 2 is 1.95 bits per heavy atom. The number of nitrogens with zero attached hydrogens (tertiary/aromatic N) is 4. The van der Waals surface area contributed by atoms with Crippen LogP contribution in [0.4, 0.5) is 0 Å². The molecule has 6 rings (SSSR count). The molecular weight excluding hydrogens is 522 g/mol. The third-order valence-corrected chi connectivity index (χ3v) is 7.50. The number of aliphatic imine (C=N–C) groups is 1. The van der Waals surface area contributed by atoms with Crippen LogP contribution in [0.1, 0.15) is 30.4 Å². The third-order valence-electron chi connectivity index (χ3n) is 6.59. The summed E-state index contributed by atoms with van der Waals surface area (Å²) in [5, 5.41) is 15.1. The third kappa shape index (κ3) is 5.07. The Kier molecular flexibility index (Phi) is 6.69. The smallest absolute Gasteiger partial charge is 0.283 e. The fourth-order valence-corrected chi connectivity index (χ4v) is 5.44. The maximum Gasteiger partial charge on any atom is 0.283 e. The van der Waals surface area contributed by atoms with Crippen LogP contribution in [0.5, 0.6) is 23.0 Å². The molecule has 39 heavy (non-hydrogen) atoms. The van der Waals surface area contributed by atoms with Crippen LogP contribution < -0.4 is 18.9 Å². The lowest BCUT2D eigenvalue weighted by molar-refractivity contribution is -0.128. The summed E-state index contributed by atoms with van der Waals surface area (Å²) in [5.74, 6) is 1.75. The SMILES string of the molecule is COc1cc(C=C2C(=N)N3N=C(CC(=O)N4CCCC4)SC3=NC2=O)ccc1OCc1ccc2c(c1)OCO2. The average Bonchev–Trinajstić information content (AvgIpc) is 3.71. The number of methoxy groups -OCH3 is 1. The fraction of sp³-hybridized carbons (Fsp3) is 0.296. The number of carbonyl (C=O) groups is 2. The number of benzene rings is 2. The van der Waals surface area contributed by atoms with Crippen molar-refractivity contribution in [3.05, 3.63) is 53.1 Å². The van der Waals surface area contributed by atoms with Gasteiger partial charge in [0.25, 0.3) is 5.91 Å². The van der Waals surface area contributed by atoms with E-state index in [2.05, 4.69) is 10.1 Å². The number of amidine groups is 2. The molecule has 0 aliphatic carbocycles. The number of hydrogen-bond donors (Lipinski definition) is 1. The number of fused-ring (bicyclic) bond motifs is 2. The van der Waals surface area contributed by atoms with Crippen molar-refractivity contribution in [1.29, 1.82) is 5.41 Å². The molecule has 200 valence electrons. The van der Waals surface area contributed by atoms with Crippen LogP contribution in [0, 0.1) is 5.41 Å². The summed E-state index contributed by atoms with van der Waals surface area (Å²) in [6.07, 6.45) is 3.72. The molecule has 0 aromatic heterocycles. The quantitative estimate of drug-likeness (QED) is 0.521. The van der Waals surface area contributed by atoms with E-state index in [0.717, 1.165) is 43.3 Å². The van der Waals surface area contributed by atoms with Gasteiger partial charge in [0.2, 0.25) is 17.9 Å². The zero-order valence-electron chi connectivity index (χ0n) is 21.1. The maximum atomic E-state index is 12.8. The number of likely N-dealkylation sites (tertiary alicyclic amines) is 1. The summed E-state index contributed by atoms with van der Waals surface area (Å²) in [4.78, 5) is 31.3. The van der Waals surface area contributed by atoms with E-state index in [9.17, 15) is 9.59 Å². The van der Waals surface area contributed by atoms with Crippen LogP contribution in [0.2, 0.25) is 0 Å².